The van der Waals surface area contributed by atoms with Gasteiger partial charge in [0.25, 0.3) is 0 Å². The molecule has 0 bridgehead atoms. The second-order valence-electron chi connectivity index (χ2n) is 5.05. The SMILES string of the molecule is CO[C@H]1CNCC[C@@H]1CC(C)(C)NC(=O)O. The monoisotopic (exact) mass is 230 g/mol. The first-order chi connectivity index (χ1) is 7.44. The molecule has 1 rings (SSSR count). The molecule has 1 heterocycles. The van der Waals surface area contributed by atoms with Crippen molar-refractivity contribution >= 4 is 6.09 Å². The third kappa shape index (κ3) is 3.98. The zero-order valence-electron chi connectivity index (χ0n) is 10.2. The van der Waals surface area contributed by atoms with Crippen LogP contribution in [0.1, 0.15) is 26.7 Å². The summed E-state index contributed by atoms with van der Waals surface area (Å²) in [4.78, 5) is 10.7. The van der Waals surface area contributed by atoms with Crippen LogP contribution in [0.2, 0.25) is 0 Å². The highest BCUT2D eigenvalue weighted by Crippen LogP contribution is 2.25. The second kappa shape index (κ2) is 5.50. The Morgan fingerprint density at radius 3 is 2.88 bits per heavy atom. The quantitative estimate of drug-likeness (QED) is 0.675. The van der Waals surface area contributed by atoms with Crippen LogP contribution in [0.15, 0.2) is 0 Å². The number of rotatable bonds is 4. The van der Waals surface area contributed by atoms with E-state index in [4.69, 9.17) is 9.84 Å². The van der Waals surface area contributed by atoms with Gasteiger partial charge in [-0.1, -0.05) is 0 Å². The third-order valence-electron chi connectivity index (χ3n) is 3.08. The van der Waals surface area contributed by atoms with Gasteiger partial charge in [0.1, 0.15) is 0 Å². The molecule has 16 heavy (non-hydrogen) atoms. The summed E-state index contributed by atoms with van der Waals surface area (Å²) in [6.45, 7) is 5.66. The van der Waals surface area contributed by atoms with Crippen LogP contribution in [0.3, 0.4) is 0 Å². The fraction of sp³-hybridized carbons (Fsp3) is 0.909. The summed E-state index contributed by atoms with van der Waals surface area (Å²) in [5.74, 6) is 0.410. The van der Waals surface area contributed by atoms with Gasteiger partial charge in [-0.25, -0.2) is 4.79 Å². The van der Waals surface area contributed by atoms with Gasteiger partial charge < -0.3 is 20.5 Å². The molecule has 0 radical (unpaired) electrons. The van der Waals surface area contributed by atoms with Gasteiger partial charge in [-0.15, -0.1) is 0 Å². The Hall–Kier alpha value is -0.810. The number of carbonyl (C=O) groups is 1. The van der Waals surface area contributed by atoms with Crippen molar-refractivity contribution in [2.75, 3.05) is 20.2 Å². The van der Waals surface area contributed by atoms with Crippen molar-refractivity contribution in [1.29, 1.82) is 0 Å². The van der Waals surface area contributed by atoms with Crippen LogP contribution in [0.25, 0.3) is 0 Å². The molecule has 3 N–H and O–H groups in total. The highest BCUT2D eigenvalue weighted by Gasteiger charge is 2.31. The second-order valence-corrected chi connectivity index (χ2v) is 5.05. The molecule has 2 atom stereocenters. The first-order valence-corrected chi connectivity index (χ1v) is 5.69. The van der Waals surface area contributed by atoms with Crippen LogP contribution in [-0.2, 0) is 4.74 Å². The summed E-state index contributed by atoms with van der Waals surface area (Å²) < 4.78 is 5.42. The fourth-order valence-corrected chi connectivity index (χ4v) is 2.39. The van der Waals surface area contributed by atoms with Gasteiger partial charge in [0.15, 0.2) is 0 Å². The topological polar surface area (TPSA) is 70.6 Å². The lowest BCUT2D eigenvalue weighted by Crippen LogP contribution is -2.49. The molecule has 0 aromatic heterocycles. The molecule has 1 aliphatic rings. The van der Waals surface area contributed by atoms with Crippen molar-refractivity contribution in [1.82, 2.24) is 10.6 Å². The summed E-state index contributed by atoms with van der Waals surface area (Å²) in [6, 6.07) is 0. The molecule has 0 aromatic rings. The van der Waals surface area contributed by atoms with Gasteiger partial charge in [-0.2, -0.15) is 0 Å². The van der Waals surface area contributed by atoms with Gasteiger partial charge in [0, 0.05) is 19.2 Å². The largest absolute Gasteiger partial charge is 0.465 e. The Morgan fingerprint density at radius 1 is 1.62 bits per heavy atom. The van der Waals surface area contributed by atoms with Gasteiger partial charge in [0.2, 0.25) is 0 Å². The van der Waals surface area contributed by atoms with Crippen molar-refractivity contribution in [3.05, 3.63) is 0 Å². The number of carboxylic acid groups (broad SMARTS) is 1. The average Bonchev–Trinajstić information content (AvgIpc) is 2.15. The van der Waals surface area contributed by atoms with E-state index in [0.717, 1.165) is 25.9 Å². The van der Waals surface area contributed by atoms with Gasteiger partial charge in [0.05, 0.1) is 6.10 Å². The van der Waals surface area contributed by atoms with Crippen LogP contribution >= 0.6 is 0 Å². The Bertz CT molecular complexity index is 243. The van der Waals surface area contributed by atoms with E-state index in [1.807, 2.05) is 13.8 Å². The van der Waals surface area contributed by atoms with E-state index in [2.05, 4.69) is 10.6 Å². The van der Waals surface area contributed by atoms with Crippen molar-refractivity contribution in [2.24, 2.45) is 5.92 Å². The van der Waals surface area contributed by atoms with E-state index in [9.17, 15) is 4.79 Å². The van der Waals surface area contributed by atoms with Gasteiger partial charge in [-0.05, 0) is 39.2 Å². The molecule has 1 amide bonds. The molecular weight excluding hydrogens is 208 g/mol. The number of hydrogen-bond donors (Lipinski definition) is 3. The lowest BCUT2D eigenvalue weighted by atomic mass is 9.83. The first-order valence-electron chi connectivity index (χ1n) is 5.69. The third-order valence-corrected chi connectivity index (χ3v) is 3.08. The Labute approximate surface area is 96.6 Å². The molecule has 94 valence electrons. The van der Waals surface area contributed by atoms with Crippen LogP contribution in [0.5, 0.6) is 0 Å². The minimum Gasteiger partial charge on any atom is -0.465 e. The zero-order chi connectivity index (χ0) is 12.2. The van der Waals surface area contributed by atoms with Crippen LogP contribution in [0, 0.1) is 5.92 Å². The zero-order valence-corrected chi connectivity index (χ0v) is 10.2. The van der Waals surface area contributed by atoms with Crippen molar-refractivity contribution in [2.45, 2.75) is 38.3 Å². The van der Waals surface area contributed by atoms with E-state index in [-0.39, 0.29) is 6.10 Å². The molecule has 0 aliphatic carbocycles. The summed E-state index contributed by atoms with van der Waals surface area (Å²) in [7, 11) is 1.71. The molecule has 0 spiro atoms. The fourth-order valence-electron chi connectivity index (χ4n) is 2.39. The molecule has 1 saturated heterocycles. The van der Waals surface area contributed by atoms with Crippen LogP contribution < -0.4 is 10.6 Å². The number of amides is 1. The number of piperidine rings is 1. The van der Waals surface area contributed by atoms with E-state index in [1.165, 1.54) is 0 Å². The maximum Gasteiger partial charge on any atom is 0.405 e. The minimum atomic E-state index is -0.965. The molecular formula is C11H22N2O3. The van der Waals surface area contributed by atoms with E-state index in [0.29, 0.717) is 5.92 Å². The molecule has 0 saturated carbocycles. The summed E-state index contributed by atoms with van der Waals surface area (Å²) >= 11 is 0. The van der Waals surface area contributed by atoms with E-state index < -0.39 is 11.6 Å². The normalized spacial score (nSPS) is 26.4. The molecule has 0 unspecified atom stereocenters. The number of nitrogens with one attached hydrogen (secondary N) is 2. The summed E-state index contributed by atoms with van der Waals surface area (Å²) in [5, 5.41) is 14.6. The lowest BCUT2D eigenvalue weighted by Gasteiger charge is -2.36. The standard InChI is InChI=1S/C11H22N2O3/c1-11(2,13-10(14)15)6-8-4-5-12-7-9(8)16-3/h8-9,12-13H,4-7H2,1-3H3,(H,14,15)/t8-,9+/m1/s1. The highest BCUT2D eigenvalue weighted by molar-refractivity contribution is 5.65. The highest BCUT2D eigenvalue weighted by atomic mass is 16.5. The molecule has 1 fully saturated rings. The number of ether oxygens (including phenoxy) is 1. The summed E-state index contributed by atoms with van der Waals surface area (Å²) in [5.41, 5.74) is -0.398. The summed E-state index contributed by atoms with van der Waals surface area (Å²) in [6.07, 6.45) is 1.06. The maximum absolute atomic E-state index is 10.7. The maximum atomic E-state index is 10.7. The van der Waals surface area contributed by atoms with Gasteiger partial charge >= 0.3 is 6.09 Å². The minimum absolute atomic E-state index is 0.184. The number of methoxy groups -OCH3 is 1. The Balaban J connectivity index is 2.52. The predicted octanol–water partition coefficient (Wildman–Crippen LogP) is 1.05. The Morgan fingerprint density at radius 2 is 2.31 bits per heavy atom. The number of hydrogen-bond acceptors (Lipinski definition) is 3. The Kier molecular flexibility index (Phi) is 4.56. The van der Waals surface area contributed by atoms with E-state index in [1.54, 1.807) is 7.11 Å². The molecule has 1 aliphatic heterocycles. The predicted molar refractivity (Wildman–Crippen MR) is 61.6 cm³/mol. The van der Waals surface area contributed by atoms with Crippen molar-refractivity contribution in [3.8, 4) is 0 Å². The lowest BCUT2D eigenvalue weighted by molar-refractivity contribution is 0.0208. The van der Waals surface area contributed by atoms with E-state index >= 15 is 0 Å². The molecule has 5 nitrogen and oxygen atoms in total. The van der Waals surface area contributed by atoms with Crippen LogP contribution in [-0.4, -0.2) is 43.0 Å². The average molecular weight is 230 g/mol. The van der Waals surface area contributed by atoms with Crippen molar-refractivity contribution < 1.29 is 14.6 Å². The first kappa shape index (κ1) is 13.3. The molecule has 0 aromatic carbocycles. The van der Waals surface area contributed by atoms with Gasteiger partial charge in [-0.3, -0.25) is 0 Å². The van der Waals surface area contributed by atoms with Crippen molar-refractivity contribution in [3.63, 3.8) is 0 Å². The molecule has 5 heteroatoms. The smallest absolute Gasteiger partial charge is 0.405 e. The van der Waals surface area contributed by atoms with Crippen LogP contribution in [0.4, 0.5) is 4.79 Å².